The Morgan fingerprint density at radius 1 is 1.43 bits per heavy atom. The van der Waals surface area contributed by atoms with E-state index in [1.165, 1.54) is 0 Å². The van der Waals surface area contributed by atoms with Crippen LogP contribution in [0.4, 0.5) is 0 Å². The van der Waals surface area contributed by atoms with Gasteiger partial charge in [-0.1, -0.05) is 44.2 Å². The lowest BCUT2D eigenvalue weighted by atomic mass is 9.74. The summed E-state index contributed by atoms with van der Waals surface area (Å²) in [5, 5.41) is 16.4. The van der Waals surface area contributed by atoms with E-state index in [9.17, 15) is 9.90 Å². The molecule has 1 aromatic rings. The molecule has 0 aromatic heterocycles. The second-order valence-corrected chi connectivity index (χ2v) is 6.40. The Hall–Kier alpha value is -1.39. The highest BCUT2D eigenvalue weighted by Crippen LogP contribution is 2.32. The molecule has 3 N–H and O–H groups in total. The van der Waals surface area contributed by atoms with E-state index in [2.05, 4.69) is 10.6 Å². The summed E-state index contributed by atoms with van der Waals surface area (Å²) in [6.45, 7) is 6.18. The maximum atomic E-state index is 12.4. The van der Waals surface area contributed by atoms with E-state index >= 15 is 0 Å². The van der Waals surface area contributed by atoms with Gasteiger partial charge < -0.3 is 15.7 Å². The quantitative estimate of drug-likeness (QED) is 0.776. The molecule has 21 heavy (non-hydrogen) atoms. The summed E-state index contributed by atoms with van der Waals surface area (Å²) < 4.78 is 0. The normalized spacial score (nSPS) is 20.8. The Labute approximate surface area is 126 Å². The molecule has 2 unspecified atom stereocenters. The molecular weight excluding hydrogens is 264 g/mol. The Morgan fingerprint density at radius 3 is 2.76 bits per heavy atom. The van der Waals surface area contributed by atoms with Crippen LogP contribution >= 0.6 is 0 Å². The third kappa shape index (κ3) is 4.05. The molecule has 0 radical (unpaired) electrons. The number of piperidine rings is 1. The Morgan fingerprint density at radius 2 is 2.14 bits per heavy atom. The van der Waals surface area contributed by atoms with E-state index in [-0.39, 0.29) is 12.5 Å². The van der Waals surface area contributed by atoms with Gasteiger partial charge in [-0.3, -0.25) is 4.79 Å². The van der Waals surface area contributed by atoms with Gasteiger partial charge in [0, 0.05) is 12.0 Å². The van der Waals surface area contributed by atoms with E-state index < -0.39 is 11.5 Å². The Kier molecular flexibility index (Phi) is 5.37. The summed E-state index contributed by atoms with van der Waals surface area (Å²) in [6.07, 6.45) is 1.54. The minimum Gasteiger partial charge on any atom is -0.387 e. The van der Waals surface area contributed by atoms with Crippen LogP contribution in [0, 0.1) is 11.3 Å². The van der Waals surface area contributed by atoms with Crippen molar-refractivity contribution in [3.63, 3.8) is 0 Å². The number of amides is 1. The average Bonchev–Trinajstić information content (AvgIpc) is 2.53. The van der Waals surface area contributed by atoms with E-state index in [0.717, 1.165) is 31.5 Å². The van der Waals surface area contributed by atoms with Crippen molar-refractivity contribution in [2.24, 2.45) is 11.3 Å². The van der Waals surface area contributed by atoms with E-state index in [1.807, 2.05) is 44.2 Å². The number of rotatable bonds is 5. The summed E-state index contributed by atoms with van der Waals surface area (Å²) in [5.41, 5.74) is 0.416. The molecule has 1 heterocycles. The number of hydrogen-bond acceptors (Lipinski definition) is 3. The fraction of sp³-hybridized carbons (Fsp3) is 0.588. The molecule has 1 amide bonds. The lowest BCUT2D eigenvalue weighted by Gasteiger charge is -2.36. The van der Waals surface area contributed by atoms with Gasteiger partial charge in [-0.05, 0) is 37.4 Å². The molecule has 1 fully saturated rings. The summed E-state index contributed by atoms with van der Waals surface area (Å²) in [7, 11) is 0. The van der Waals surface area contributed by atoms with Gasteiger partial charge in [0.25, 0.3) is 0 Å². The van der Waals surface area contributed by atoms with Crippen molar-refractivity contribution in [2.75, 3.05) is 19.6 Å². The van der Waals surface area contributed by atoms with Crippen LogP contribution in [0.1, 0.15) is 38.4 Å². The zero-order chi connectivity index (χ0) is 15.3. The van der Waals surface area contributed by atoms with Crippen LogP contribution in [0.5, 0.6) is 0 Å². The zero-order valence-electron chi connectivity index (χ0n) is 12.9. The van der Waals surface area contributed by atoms with Crippen molar-refractivity contribution in [2.45, 2.75) is 32.8 Å². The van der Waals surface area contributed by atoms with Crippen LogP contribution in [0.2, 0.25) is 0 Å². The van der Waals surface area contributed by atoms with Crippen LogP contribution in [0.3, 0.4) is 0 Å². The van der Waals surface area contributed by atoms with Gasteiger partial charge >= 0.3 is 0 Å². The third-order valence-corrected chi connectivity index (χ3v) is 4.54. The fourth-order valence-electron chi connectivity index (χ4n) is 2.86. The first-order chi connectivity index (χ1) is 10.0. The van der Waals surface area contributed by atoms with Crippen LogP contribution in [-0.4, -0.2) is 30.6 Å². The standard InChI is InChI=1S/C17H26N2O2/c1-17(2,14-9-6-10-18-11-14)16(21)19-12-15(20)13-7-4-3-5-8-13/h3-5,7-8,14-15,18,20H,6,9-12H2,1-2H3,(H,19,21). The second kappa shape index (κ2) is 7.05. The minimum atomic E-state index is -0.657. The lowest BCUT2D eigenvalue weighted by molar-refractivity contribution is -0.133. The highest BCUT2D eigenvalue weighted by atomic mass is 16.3. The molecule has 0 aliphatic carbocycles. The number of aliphatic hydroxyl groups excluding tert-OH is 1. The van der Waals surface area contributed by atoms with Gasteiger partial charge in [-0.15, -0.1) is 0 Å². The minimum absolute atomic E-state index is 0.0196. The molecule has 1 saturated heterocycles. The van der Waals surface area contributed by atoms with Crippen molar-refractivity contribution in [1.82, 2.24) is 10.6 Å². The largest absolute Gasteiger partial charge is 0.387 e. The predicted octanol–water partition coefficient (Wildman–Crippen LogP) is 1.86. The average molecular weight is 290 g/mol. The van der Waals surface area contributed by atoms with Crippen molar-refractivity contribution >= 4 is 5.91 Å². The highest BCUT2D eigenvalue weighted by molar-refractivity contribution is 5.82. The van der Waals surface area contributed by atoms with Crippen molar-refractivity contribution < 1.29 is 9.90 Å². The monoisotopic (exact) mass is 290 g/mol. The van der Waals surface area contributed by atoms with Gasteiger partial charge in [0.2, 0.25) is 5.91 Å². The highest BCUT2D eigenvalue weighted by Gasteiger charge is 2.37. The smallest absolute Gasteiger partial charge is 0.226 e. The topological polar surface area (TPSA) is 61.4 Å². The molecule has 0 saturated carbocycles. The number of benzene rings is 1. The Balaban J connectivity index is 1.88. The number of carbonyl (C=O) groups excluding carboxylic acids is 1. The number of aliphatic hydroxyl groups is 1. The van der Waals surface area contributed by atoms with Crippen molar-refractivity contribution in [3.05, 3.63) is 35.9 Å². The van der Waals surface area contributed by atoms with Crippen molar-refractivity contribution in [1.29, 1.82) is 0 Å². The fourth-order valence-corrected chi connectivity index (χ4v) is 2.86. The SMILES string of the molecule is CC(C)(C(=O)NCC(O)c1ccccc1)C1CCCNC1. The summed E-state index contributed by atoms with van der Waals surface area (Å²) in [5.74, 6) is 0.367. The van der Waals surface area contributed by atoms with E-state index in [0.29, 0.717) is 5.92 Å². The Bertz CT molecular complexity index is 453. The summed E-state index contributed by atoms with van der Waals surface area (Å²) in [6, 6.07) is 9.42. The summed E-state index contributed by atoms with van der Waals surface area (Å²) in [4.78, 5) is 12.4. The first-order valence-corrected chi connectivity index (χ1v) is 7.74. The maximum Gasteiger partial charge on any atom is 0.226 e. The van der Waals surface area contributed by atoms with Gasteiger partial charge in [0.1, 0.15) is 0 Å². The van der Waals surface area contributed by atoms with Gasteiger partial charge in [-0.2, -0.15) is 0 Å². The molecule has 0 bridgehead atoms. The number of hydrogen-bond donors (Lipinski definition) is 3. The molecule has 116 valence electrons. The van der Waals surface area contributed by atoms with Gasteiger partial charge in [0.15, 0.2) is 0 Å². The summed E-state index contributed by atoms with van der Waals surface area (Å²) >= 11 is 0. The number of nitrogens with one attached hydrogen (secondary N) is 2. The molecule has 2 atom stereocenters. The van der Waals surface area contributed by atoms with E-state index in [1.54, 1.807) is 0 Å². The van der Waals surface area contributed by atoms with Crippen LogP contribution in [0.15, 0.2) is 30.3 Å². The molecule has 1 aromatic carbocycles. The zero-order valence-corrected chi connectivity index (χ0v) is 12.9. The third-order valence-electron chi connectivity index (χ3n) is 4.54. The lowest BCUT2D eigenvalue weighted by Crippen LogP contribution is -2.48. The molecule has 1 aliphatic heterocycles. The van der Waals surface area contributed by atoms with Crippen LogP contribution in [-0.2, 0) is 4.79 Å². The van der Waals surface area contributed by atoms with Crippen LogP contribution < -0.4 is 10.6 Å². The molecule has 0 spiro atoms. The van der Waals surface area contributed by atoms with Gasteiger partial charge in [-0.25, -0.2) is 0 Å². The molecular formula is C17H26N2O2. The first kappa shape index (κ1) is 16.0. The van der Waals surface area contributed by atoms with Crippen molar-refractivity contribution in [3.8, 4) is 0 Å². The first-order valence-electron chi connectivity index (χ1n) is 7.74. The molecule has 2 rings (SSSR count). The molecule has 4 heteroatoms. The molecule has 1 aliphatic rings. The molecule has 4 nitrogen and oxygen atoms in total. The predicted molar refractivity (Wildman–Crippen MR) is 83.8 cm³/mol. The maximum absolute atomic E-state index is 12.4. The van der Waals surface area contributed by atoms with E-state index in [4.69, 9.17) is 0 Å². The van der Waals surface area contributed by atoms with Gasteiger partial charge in [0.05, 0.1) is 6.10 Å². The number of carbonyl (C=O) groups is 1. The second-order valence-electron chi connectivity index (χ2n) is 6.40. The van der Waals surface area contributed by atoms with Crippen LogP contribution in [0.25, 0.3) is 0 Å².